The normalized spacial score (nSPS) is 32.2. The van der Waals surface area contributed by atoms with Crippen LogP contribution in [0.1, 0.15) is 41.5 Å². The van der Waals surface area contributed by atoms with E-state index in [9.17, 15) is 10.2 Å². The van der Waals surface area contributed by atoms with E-state index in [0.29, 0.717) is 25.0 Å². The van der Waals surface area contributed by atoms with Gasteiger partial charge in [-0.2, -0.15) is 0 Å². The summed E-state index contributed by atoms with van der Waals surface area (Å²) in [6, 6.07) is -1.03. The molecule has 0 aromatic heterocycles. The van der Waals surface area contributed by atoms with Crippen LogP contribution in [0.3, 0.4) is 0 Å². The lowest BCUT2D eigenvalue weighted by Gasteiger charge is -2.32. The number of hydrogen-bond donors (Lipinski definition) is 2. The second kappa shape index (κ2) is 8.65. The van der Waals surface area contributed by atoms with E-state index in [2.05, 4.69) is 9.98 Å². The van der Waals surface area contributed by atoms with E-state index in [1.807, 2.05) is 27.7 Å². The molecule has 0 radical (unpaired) electrons. The minimum atomic E-state index is -1.09. The van der Waals surface area contributed by atoms with Crippen molar-refractivity contribution >= 4 is 11.8 Å². The van der Waals surface area contributed by atoms with Crippen LogP contribution in [0.2, 0.25) is 0 Å². The lowest BCUT2D eigenvalue weighted by molar-refractivity contribution is -0.157. The third-order valence-electron chi connectivity index (χ3n) is 4.32. The van der Waals surface area contributed by atoms with E-state index >= 15 is 0 Å². The SMILES string of the molecule is CCOC1=N[C@H](C(C)C)C(OCC)=N[C@H]1[C@H](O)[C@H]1OC(C)(C)O[C@H]1CO. The fraction of sp³-hybridized carbons (Fsp3) is 0.889. The zero-order valence-electron chi connectivity index (χ0n) is 16.5. The second-order valence-corrected chi connectivity index (χ2v) is 7.25. The van der Waals surface area contributed by atoms with E-state index in [1.54, 1.807) is 13.8 Å². The van der Waals surface area contributed by atoms with Crippen molar-refractivity contribution < 1.29 is 29.2 Å². The van der Waals surface area contributed by atoms with Gasteiger partial charge in [0.15, 0.2) is 11.8 Å². The summed E-state index contributed by atoms with van der Waals surface area (Å²) in [5.41, 5.74) is 0. The van der Waals surface area contributed by atoms with Crippen molar-refractivity contribution in [3.8, 4) is 0 Å². The van der Waals surface area contributed by atoms with Gasteiger partial charge in [0.05, 0.1) is 19.8 Å². The molecule has 0 spiro atoms. The molecule has 0 amide bonds. The summed E-state index contributed by atoms with van der Waals surface area (Å²) in [5.74, 6) is 0.105. The van der Waals surface area contributed by atoms with Gasteiger partial charge in [0.1, 0.15) is 24.4 Å². The van der Waals surface area contributed by atoms with Gasteiger partial charge in [0.25, 0.3) is 0 Å². The van der Waals surface area contributed by atoms with Crippen molar-refractivity contribution in [3.63, 3.8) is 0 Å². The highest BCUT2D eigenvalue weighted by atomic mass is 16.8. The smallest absolute Gasteiger partial charge is 0.212 e. The Kier molecular flexibility index (Phi) is 7.01. The third kappa shape index (κ3) is 4.54. The summed E-state index contributed by atoms with van der Waals surface area (Å²) >= 11 is 0. The van der Waals surface area contributed by atoms with Gasteiger partial charge in [-0.15, -0.1) is 0 Å². The van der Waals surface area contributed by atoms with Crippen molar-refractivity contribution in [1.29, 1.82) is 0 Å². The first-order valence-electron chi connectivity index (χ1n) is 9.29. The highest BCUT2D eigenvalue weighted by Gasteiger charge is 2.49. The molecule has 150 valence electrons. The fourth-order valence-corrected chi connectivity index (χ4v) is 3.21. The van der Waals surface area contributed by atoms with Gasteiger partial charge < -0.3 is 29.2 Å². The van der Waals surface area contributed by atoms with Gasteiger partial charge >= 0.3 is 0 Å². The molecule has 26 heavy (non-hydrogen) atoms. The molecule has 2 heterocycles. The number of aliphatic hydroxyl groups excluding tert-OH is 2. The van der Waals surface area contributed by atoms with Gasteiger partial charge in [-0.05, 0) is 33.6 Å². The van der Waals surface area contributed by atoms with Gasteiger partial charge in [-0.1, -0.05) is 13.8 Å². The van der Waals surface area contributed by atoms with E-state index in [4.69, 9.17) is 18.9 Å². The number of hydrogen-bond acceptors (Lipinski definition) is 8. The molecule has 5 atom stereocenters. The second-order valence-electron chi connectivity index (χ2n) is 7.25. The molecule has 2 rings (SSSR count). The number of aliphatic hydroxyl groups is 2. The average Bonchev–Trinajstić information content (AvgIpc) is 2.90. The fourth-order valence-electron chi connectivity index (χ4n) is 3.21. The van der Waals surface area contributed by atoms with Crippen LogP contribution < -0.4 is 0 Å². The molecule has 0 aromatic carbocycles. The highest BCUT2D eigenvalue weighted by Crippen LogP contribution is 2.32. The van der Waals surface area contributed by atoms with Crippen molar-refractivity contribution in [1.82, 2.24) is 0 Å². The molecule has 1 saturated heterocycles. The van der Waals surface area contributed by atoms with Gasteiger partial charge in [-0.3, -0.25) is 0 Å². The van der Waals surface area contributed by atoms with Crippen molar-refractivity contribution in [2.45, 2.75) is 77.7 Å². The van der Waals surface area contributed by atoms with Crippen molar-refractivity contribution in [2.75, 3.05) is 19.8 Å². The Hall–Kier alpha value is -1.22. The van der Waals surface area contributed by atoms with E-state index in [0.717, 1.165) is 0 Å². The Morgan fingerprint density at radius 1 is 1.04 bits per heavy atom. The number of rotatable bonds is 6. The van der Waals surface area contributed by atoms with Crippen LogP contribution in [-0.2, 0) is 18.9 Å². The molecular weight excluding hydrogens is 340 g/mol. The molecular formula is C18H32N2O6. The molecule has 0 aliphatic carbocycles. The van der Waals surface area contributed by atoms with Gasteiger partial charge in [0.2, 0.25) is 11.8 Å². The molecule has 2 N–H and O–H groups in total. The highest BCUT2D eigenvalue weighted by molar-refractivity contribution is 5.94. The predicted octanol–water partition coefficient (Wildman–Crippen LogP) is 1.14. The summed E-state index contributed by atoms with van der Waals surface area (Å²) in [7, 11) is 0. The number of aliphatic imine (C=N–C) groups is 2. The lowest BCUT2D eigenvalue weighted by Crippen LogP contribution is -2.50. The summed E-state index contributed by atoms with van der Waals surface area (Å²) in [6.07, 6.45) is -2.51. The Morgan fingerprint density at radius 2 is 1.58 bits per heavy atom. The molecule has 0 aromatic rings. The van der Waals surface area contributed by atoms with Crippen LogP contribution in [0, 0.1) is 5.92 Å². The topological polar surface area (TPSA) is 102 Å². The zero-order valence-corrected chi connectivity index (χ0v) is 16.5. The summed E-state index contributed by atoms with van der Waals surface area (Å²) in [5, 5.41) is 20.6. The maximum Gasteiger partial charge on any atom is 0.212 e. The number of ether oxygens (including phenoxy) is 4. The Balaban J connectivity index is 2.32. The Labute approximate surface area is 155 Å². The van der Waals surface area contributed by atoms with Crippen LogP contribution in [0.4, 0.5) is 0 Å². The predicted molar refractivity (Wildman–Crippen MR) is 97.5 cm³/mol. The van der Waals surface area contributed by atoms with Gasteiger partial charge in [-0.25, -0.2) is 9.98 Å². The van der Waals surface area contributed by atoms with E-state index in [-0.39, 0.29) is 18.6 Å². The minimum absolute atomic E-state index is 0.170. The van der Waals surface area contributed by atoms with Crippen LogP contribution in [-0.4, -0.2) is 78.0 Å². The van der Waals surface area contributed by atoms with Crippen molar-refractivity contribution in [2.24, 2.45) is 15.9 Å². The van der Waals surface area contributed by atoms with Crippen LogP contribution in [0.15, 0.2) is 9.98 Å². The van der Waals surface area contributed by atoms with E-state index < -0.39 is 30.1 Å². The van der Waals surface area contributed by atoms with Gasteiger partial charge in [0, 0.05) is 0 Å². The summed E-state index contributed by atoms with van der Waals surface area (Å²) < 4.78 is 22.8. The standard InChI is InChI=1S/C18H32N2O6/c1-7-23-16-12(10(3)4)19-17(24-8-2)13(20-16)14(22)15-11(9-21)25-18(5,6)26-15/h10-15,21-22H,7-9H2,1-6H3/t11-,12+,13-,14-,15-/m0/s1. The minimum Gasteiger partial charge on any atom is -0.480 e. The first kappa shape index (κ1) is 21.1. The van der Waals surface area contributed by atoms with Crippen LogP contribution >= 0.6 is 0 Å². The van der Waals surface area contributed by atoms with E-state index in [1.165, 1.54) is 0 Å². The average molecular weight is 372 g/mol. The Bertz CT molecular complexity index is 534. The summed E-state index contributed by atoms with van der Waals surface area (Å²) in [4.78, 5) is 9.26. The quantitative estimate of drug-likeness (QED) is 0.725. The number of nitrogens with zero attached hydrogens (tertiary/aromatic N) is 2. The molecule has 0 bridgehead atoms. The Morgan fingerprint density at radius 3 is 2.08 bits per heavy atom. The molecule has 0 saturated carbocycles. The largest absolute Gasteiger partial charge is 0.480 e. The molecule has 0 unspecified atom stereocenters. The summed E-state index contributed by atoms with van der Waals surface area (Å²) in [6.45, 7) is 11.9. The lowest BCUT2D eigenvalue weighted by atomic mass is 9.98. The molecule has 2 aliphatic heterocycles. The monoisotopic (exact) mass is 372 g/mol. The third-order valence-corrected chi connectivity index (χ3v) is 4.32. The molecule has 8 heteroatoms. The molecule has 2 aliphatic rings. The van der Waals surface area contributed by atoms with Crippen molar-refractivity contribution in [3.05, 3.63) is 0 Å². The molecule has 8 nitrogen and oxygen atoms in total. The maximum absolute atomic E-state index is 11.0. The van der Waals surface area contributed by atoms with Crippen LogP contribution in [0.5, 0.6) is 0 Å². The maximum atomic E-state index is 11.0. The first-order chi connectivity index (χ1) is 12.2. The first-order valence-corrected chi connectivity index (χ1v) is 9.29. The zero-order chi connectivity index (χ0) is 19.5. The molecule has 1 fully saturated rings. The van der Waals surface area contributed by atoms with Crippen LogP contribution in [0.25, 0.3) is 0 Å².